The summed E-state index contributed by atoms with van der Waals surface area (Å²) in [6, 6.07) is 4.38. The molecule has 5 nitrogen and oxygen atoms in total. The first-order valence-electron chi connectivity index (χ1n) is 4.11. The maximum Gasteiger partial charge on any atom is 0.221 e. The number of methoxy groups -OCH3 is 1. The Balaban J connectivity index is 0.00000225. The topological polar surface area (TPSA) is 75.6 Å². The molecular formula is C9H11NNaO4S. The van der Waals surface area contributed by atoms with Crippen LogP contribution in [0, 0.1) is 0 Å². The van der Waals surface area contributed by atoms with E-state index in [9.17, 15) is 9.00 Å². The van der Waals surface area contributed by atoms with E-state index in [-0.39, 0.29) is 40.4 Å². The van der Waals surface area contributed by atoms with Gasteiger partial charge in [-0.15, -0.1) is 0 Å². The van der Waals surface area contributed by atoms with E-state index in [4.69, 9.17) is 9.29 Å². The van der Waals surface area contributed by atoms with E-state index < -0.39 is 11.1 Å². The summed E-state index contributed by atoms with van der Waals surface area (Å²) in [7, 11) is 1.45. The molecule has 1 amide bonds. The van der Waals surface area contributed by atoms with Gasteiger partial charge in [0, 0.05) is 36.5 Å². The first kappa shape index (κ1) is 15.6. The number of amides is 1. The standard InChI is InChI=1S/C9H11NO4S.Na/c1-6(11)10-8-5-7(15(12)13)3-4-9(8)14-2;/h3-5H,1-2H3,(H,10,11)(H,12,13);. The molecule has 0 saturated heterocycles. The summed E-state index contributed by atoms with van der Waals surface area (Å²) < 4.78 is 24.6. The van der Waals surface area contributed by atoms with Crippen molar-refractivity contribution in [3.05, 3.63) is 18.2 Å². The molecule has 0 fully saturated rings. The molecule has 0 spiro atoms. The maximum absolute atomic E-state index is 10.9. The third kappa shape index (κ3) is 4.23. The van der Waals surface area contributed by atoms with Crippen LogP contribution >= 0.6 is 0 Å². The van der Waals surface area contributed by atoms with E-state index >= 15 is 0 Å². The molecule has 0 aliphatic carbocycles. The Bertz CT molecular complexity index is 410. The summed E-state index contributed by atoms with van der Waals surface area (Å²) in [6.07, 6.45) is 0. The fourth-order valence-corrected chi connectivity index (χ4v) is 1.49. The van der Waals surface area contributed by atoms with Crippen LogP contribution in [-0.2, 0) is 15.9 Å². The molecule has 0 saturated carbocycles. The SMILES string of the molecule is COc1ccc(S(=O)O)cc1NC(C)=O.[Na]. The van der Waals surface area contributed by atoms with Crippen LogP contribution in [0.4, 0.5) is 5.69 Å². The van der Waals surface area contributed by atoms with Gasteiger partial charge in [0.2, 0.25) is 5.91 Å². The summed E-state index contributed by atoms with van der Waals surface area (Å²) in [4.78, 5) is 11.1. The molecule has 0 aromatic heterocycles. The summed E-state index contributed by atoms with van der Waals surface area (Å²) in [6.45, 7) is 1.35. The summed E-state index contributed by atoms with van der Waals surface area (Å²) in [5.74, 6) is 0.175. The van der Waals surface area contributed by atoms with Gasteiger partial charge in [-0.05, 0) is 18.2 Å². The molecule has 2 N–H and O–H groups in total. The van der Waals surface area contributed by atoms with E-state index in [1.807, 2.05) is 0 Å². The van der Waals surface area contributed by atoms with Gasteiger partial charge >= 0.3 is 0 Å². The van der Waals surface area contributed by atoms with Crippen LogP contribution in [0.1, 0.15) is 6.92 Å². The van der Waals surface area contributed by atoms with Crippen molar-refractivity contribution in [1.29, 1.82) is 0 Å². The van der Waals surface area contributed by atoms with Gasteiger partial charge in [-0.1, -0.05) is 0 Å². The van der Waals surface area contributed by atoms with Gasteiger partial charge in [0.25, 0.3) is 0 Å². The van der Waals surface area contributed by atoms with Gasteiger partial charge in [0.1, 0.15) is 5.75 Å². The predicted octanol–water partition coefficient (Wildman–Crippen LogP) is 0.853. The van der Waals surface area contributed by atoms with Crippen molar-refractivity contribution < 1.29 is 18.3 Å². The van der Waals surface area contributed by atoms with Crippen molar-refractivity contribution in [3.8, 4) is 5.75 Å². The van der Waals surface area contributed by atoms with Gasteiger partial charge in [-0.25, -0.2) is 4.21 Å². The Morgan fingerprint density at radius 3 is 2.56 bits per heavy atom. The Labute approximate surface area is 118 Å². The molecule has 1 radical (unpaired) electrons. The average molecular weight is 252 g/mol. The Hall–Kier alpha value is -0.400. The quantitative estimate of drug-likeness (QED) is 0.617. The predicted molar refractivity (Wildman–Crippen MR) is 62.1 cm³/mol. The van der Waals surface area contributed by atoms with Gasteiger partial charge in [-0.3, -0.25) is 4.79 Å². The first-order valence-corrected chi connectivity index (χ1v) is 5.21. The van der Waals surface area contributed by atoms with Crippen molar-refractivity contribution in [2.75, 3.05) is 12.4 Å². The minimum Gasteiger partial charge on any atom is -0.495 e. The molecular weight excluding hydrogens is 241 g/mol. The zero-order valence-electron chi connectivity index (χ0n) is 9.31. The number of benzene rings is 1. The molecule has 0 heterocycles. The molecule has 1 rings (SSSR count). The van der Waals surface area contributed by atoms with Crippen molar-refractivity contribution in [1.82, 2.24) is 0 Å². The molecule has 0 aliphatic rings. The Kier molecular flexibility index (Phi) is 6.85. The second kappa shape index (κ2) is 7.03. The van der Waals surface area contributed by atoms with E-state index in [1.165, 1.54) is 32.2 Å². The molecule has 7 heteroatoms. The summed E-state index contributed by atoms with van der Waals surface area (Å²) in [5, 5.41) is 2.51. The third-order valence-electron chi connectivity index (χ3n) is 1.68. The average Bonchev–Trinajstić information content (AvgIpc) is 2.16. The van der Waals surface area contributed by atoms with Crippen LogP contribution in [0.15, 0.2) is 23.1 Å². The van der Waals surface area contributed by atoms with E-state index in [1.54, 1.807) is 0 Å². The van der Waals surface area contributed by atoms with E-state index in [0.29, 0.717) is 11.4 Å². The Morgan fingerprint density at radius 2 is 2.12 bits per heavy atom. The molecule has 0 bridgehead atoms. The van der Waals surface area contributed by atoms with Crippen molar-refractivity contribution in [3.63, 3.8) is 0 Å². The van der Waals surface area contributed by atoms with Crippen molar-refractivity contribution in [2.45, 2.75) is 11.8 Å². The van der Waals surface area contributed by atoms with Crippen LogP contribution in [0.5, 0.6) is 5.75 Å². The number of anilines is 1. The molecule has 16 heavy (non-hydrogen) atoms. The zero-order valence-corrected chi connectivity index (χ0v) is 12.1. The van der Waals surface area contributed by atoms with Crippen LogP contribution in [0.3, 0.4) is 0 Å². The fraction of sp³-hybridized carbons (Fsp3) is 0.222. The second-order valence-electron chi connectivity index (χ2n) is 2.79. The molecule has 0 aliphatic heterocycles. The summed E-state index contributed by atoms with van der Waals surface area (Å²) >= 11 is -2.07. The third-order valence-corrected chi connectivity index (χ3v) is 2.34. The van der Waals surface area contributed by atoms with Crippen LogP contribution in [0.2, 0.25) is 0 Å². The van der Waals surface area contributed by atoms with Crippen molar-refractivity contribution in [2.24, 2.45) is 0 Å². The number of carbonyl (C=O) groups is 1. The minimum atomic E-state index is -2.07. The first-order chi connectivity index (χ1) is 7.04. The zero-order chi connectivity index (χ0) is 11.4. The van der Waals surface area contributed by atoms with Gasteiger partial charge in [0.05, 0.1) is 17.7 Å². The summed E-state index contributed by atoms with van der Waals surface area (Å²) in [5.41, 5.74) is 0.380. The van der Waals surface area contributed by atoms with Gasteiger partial charge in [0.15, 0.2) is 11.1 Å². The van der Waals surface area contributed by atoms with Crippen molar-refractivity contribution >= 4 is 52.2 Å². The number of ether oxygens (including phenoxy) is 1. The number of rotatable bonds is 3. The number of hydrogen-bond acceptors (Lipinski definition) is 3. The smallest absolute Gasteiger partial charge is 0.221 e. The largest absolute Gasteiger partial charge is 0.495 e. The molecule has 1 unspecified atom stereocenters. The maximum atomic E-state index is 10.9. The molecule has 1 atom stereocenters. The van der Waals surface area contributed by atoms with Gasteiger partial charge in [-0.2, -0.15) is 0 Å². The monoisotopic (exact) mass is 252 g/mol. The van der Waals surface area contributed by atoms with Crippen LogP contribution in [0.25, 0.3) is 0 Å². The number of hydrogen-bond donors (Lipinski definition) is 2. The Morgan fingerprint density at radius 1 is 1.50 bits per heavy atom. The fourth-order valence-electron chi connectivity index (χ4n) is 1.08. The molecule has 1 aromatic rings. The number of nitrogens with one attached hydrogen (secondary N) is 1. The van der Waals surface area contributed by atoms with Crippen LogP contribution < -0.4 is 10.1 Å². The molecule has 83 valence electrons. The second-order valence-corrected chi connectivity index (χ2v) is 3.76. The molecule has 1 aromatic carbocycles. The number of carbonyl (C=O) groups excluding carboxylic acids is 1. The van der Waals surface area contributed by atoms with E-state index in [2.05, 4.69) is 5.32 Å². The van der Waals surface area contributed by atoms with E-state index in [0.717, 1.165) is 0 Å². The minimum absolute atomic E-state index is 0. The normalized spacial score (nSPS) is 11.2. The van der Waals surface area contributed by atoms with Gasteiger partial charge < -0.3 is 14.6 Å². The van der Waals surface area contributed by atoms with Crippen LogP contribution in [-0.4, -0.2) is 51.3 Å².